The number of carboxylic acids is 1. The molecule has 0 aliphatic rings. The molecule has 41 heavy (non-hydrogen) atoms. The second-order valence-electron chi connectivity index (χ2n) is 8.67. The van der Waals surface area contributed by atoms with Gasteiger partial charge in [-0.2, -0.15) is 18.4 Å². The lowest BCUT2D eigenvalue weighted by Crippen LogP contribution is -2.47. The molecule has 0 aromatic heterocycles. The first-order chi connectivity index (χ1) is 19.3. The number of aliphatic carboxylic acids is 1. The fourth-order valence-corrected chi connectivity index (χ4v) is 3.55. The van der Waals surface area contributed by atoms with E-state index in [1.807, 2.05) is 48.5 Å². The molecule has 3 aromatic rings. The molecule has 12 heteroatoms. The molecule has 0 spiro atoms. The summed E-state index contributed by atoms with van der Waals surface area (Å²) in [7, 11) is 0. The van der Waals surface area contributed by atoms with E-state index in [2.05, 4.69) is 16.7 Å². The van der Waals surface area contributed by atoms with Crippen molar-refractivity contribution in [1.29, 1.82) is 10.7 Å². The van der Waals surface area contributed by atoms with Crippen LogP contribution in [0.15, 0.2) is 72.8 Å². The van der Waals surface area contributed by atoms with Crippen LogP contribution in [0.5, 0.6) is 0 Å². The van der Waals surface area contributed by atoms with Crippen molar-refractivity contribution >= 4 is 23.6 Å². The fourth-order valence-electron chi connectivity index (χ4n) is 3.55. The maximum atomic E-state index is 12.9. The van der Waals surface area contributed by atoms with Crippen LogP contribution in [0.1, 0.15) is 35.6 Å². The third kappa shape index (κ3) is 10.1. The Morgan fingerprint density at radius 1 is 1.02 bits per heavy atom. The second-order valence-corrected chi connectivity index (χ2v) is 8.67. The number of carbonyl (C=O) groups is 3. The molecule has 0 radical (unpaired) electrons. The average molecular weight is 568 g/mol. The molecule has 0 aliphatic carbocycles. The summed E-state index contributed by atoms with van der Waals surface area (Å²) >= 11 is 0. The molecule has 0 bridgehead atoms. The molecular formula is C29H28F3N5O4. The monoisotopic (exact) mass is 567 g/mol. The zero-order chi connectivity index (χ0) is 30.6. The summed E-state index contributed by atoms with van der Waals surface area (Å²) in [5, 5.41) is 29.7. The Morgan fingerprint density at radius 3 is 2.22 bits per heavy atom. The maximum absolute atomic E-state index is 12.9. The quantitative estimate of drug-likeness (QED) is 0.194. The van der Waals surface area contributed by atoms with Gasteiger partial charge in [0.2, 0.25) is 11.8 Å². The Morgan fingerprint density at radius 2 is 1.66 bits per heavy atom. The summed E-state index contributed by atoms with van der Waals surface area (Å²) < 4.78 is 31.7. The average Bonchev–Trinajstić information content (AvgIpc) is 2.95. The minimum Gasteiger partial charge on any atom is -0.475 e. The van der Waals surface area contributed by atoms with Crippen LogP contribution in [-0.2, 0) is 27.3 Å². The van der Waals surface area contributed by atoms with Gasteiger partial charge < -0.3 is 21.5 Å². The molecule has 3 rings (SSSR count). The number of amidine groups is 1. The Hall–Kier alpha value is -5.18. The number of nitrogens with one attached hydrogen (secondary N) is 3. The Balaban J connectivity index is 0.000000745. The summed E-state index contributed by atoms with van der Waals surface area (Å²) in [6.07, 6.45) is -4.54. The number of hydrogen-bond donors (Lipinski definition) is 5. The highest BCUT2D eigenvalue weighted by Gasteiger charge is 2.38. The number of nitrogen functional groups attached to an aromatic ring is 1. The highest BCUT2D eigenvalue weighted by Crippen LogP contribution is 2.23. The number of carbonyl (C=O) groups excluding carboxylic acids is 2. The third-order valence-corrected chi connectivity index (χ3v) is 5.67. The number of amides is 2. The molecule has 214 valence electrons. The van der Waals surface area contributed by atoms with Gasteiger partial charge in [-0.3, -0.25) is 15.0 Å². The molecule has 1 atom stereocenters. The number of carboxylic acid groups (broad SMARTS) is 1. The molecule has 0 fully saturated rings. The first-order valence-electron chi connectivity index (χ1n) is 12.2. The lowest BCUT2D eigenvalue weighted by molar-refractivity contribution is -0.192. The van der Waals surface area contributed by atoms with Crippen LogP contribution in [-0.4, -0.2) is 40.9 Å². The van der Waals surface area contributed by atoms with Gasteiger partial charge in [0.25, 0.3) is 0 Å². The van der Waals surface area contributed by atoms with E-state index in [4.69, 9.17) is 21.0 Å². The van der Waals surface area contributed by atoms with Crippen molar-refractivity contribution in [2.45, 2.75) is 38.5 Å². The third-order valence-electron chi connectivity index (χ3n) is 5.67. The van der Waals surface area contributed by atoms with Crippen LogP contribution >= 0.6 is 0 Å². The van der Waals surface area contributed by atoms with E-state index < -0.39 is 18.2 Å². The van der Waals surface area contributed by atoms with Gasteiger partial charge in [0.15, 0.2) is 0 Å². The molecule has 0 heterocycles. The topological polar surface area (TPSA) is 169 Å². The van der Waals surface area contributed by atoms with E-state index in [-0.39, 0.29) is 30.5 Å². The van der Waals surface area contributed by atoms with Crippen LogP contribution < -0.4 is 16.4 Å². The Labute approximate surface area is 234 Å². The zero-order valence-electron chi connectivity index (χ0n) is 22.0. The SMILES string of the molecule is CCC(=O)N[C@@H](Cc1cccc(C(=N)N)c1)C(=O)NCc1ccc(-c2ccccc2C#N)cc1.O=C(O)C(F)(F)F. The van der Waals surface area contributed by atoms with E-state index in [1.54, 1.807) is 31.2 Å². The highest BCUT2D eigenvalue weighted by molar-refractivity contribution is 5.95. The molecule has 0 unspecified atom stereocenters. The minimum atomic E-state index is -5.08. The molecule has 0 saturated carbocycles. The maximum Gasteiger partial charge on any atom is 0.490 e. The fraction of sp³-hybridized carbons (Fsp3) is 0.207. The van der Waals surface area contributed by atoms with Crippen LogP contribution in [0.2, 0.25) is 0 Å². The predicted octanol–water partition coefficient (Wildman–Crippen LogP) is 3.90. The second kappa shape index (κ2) is 14.8. The molecule has 2 amide bonds. The van der Waals surface area contributed by atoms with E-state index >= 15 is 0 Å². The number of nitrogens with zero attached hydrogens (tertiary/aromatic N) is 1. The lowest BCUT2D eigenvalue weighted by atomic mass is 9.99. The van der Waals surface area contributed by atoms with Crippen LogP contribution in [0.3, 0.4) is 0 Å². The molecule has 3 aromatic carbocycles. The van der Waals surface area contributed by atoms with E-state index in [9.17, 15) is 28.0 Å². The van der Waals surface area contributed by atoms with Gasteiger partial charge in [0.1, 0.15) is 11.9 Å². The van der Waals surface area contributed by atoms with Gasteiger partial charge in [-0.05, 0) is 34.4 Å². The zero-order valence-corrected chi connectivity index (χ0v) is 22.0. The Kier molecular flexibility index (Phi) is 11.6. The van der Waals surface area contributed by atoms with E-state index in [0.29, 0.717) is 17.7 Å². The standard InChI is InChI=1S/C27H27N5O2.C2HF3O2/c1-2-25(33)32-24(15-19-6-5-8-21(14-19)26(29)30)27(34)31-17-18-10-12-20(13-11-18)23-9-4-3-7-22(23)16-28;3-2(4,5)1(6)7/h3-14,24H,2,15,17H2,1H3,(H3,29,30)(H,31,34)(H,32,33);(H,6,7)/t24-;/m0./s1. The van der Waals surface area contributed by atoms with E-state index in [1.165, 1.54) is 0 Å². The van der Waals surface area contributed by atoms with Gasteiger partial charge in [-0.25, -0.2) is 4.79 Å². The number of rotatable bonds is 9. The summed E-state index contributed by atoms with van der Waals surface area (Å²) in [6.45, 7) is 2.03. The molecule has 0 aliphatic heterocycles. The van der Waals surface area contributed by atoms with Crippen molar-refractivity contribution in [3.63, 3.8) is 0 Å². The van der Waals surface area contributed by atoms with Crippen molar-refractivity contribution in [1.82, 2.24) is 10.6 Å². The van der Waals surface area contributed by atoms with Crippen LogP contribution in [0, 0.1) is 16.7 Å². The predicted molar refractivity (Wildman–Crippen MR) is 146 cm³/mol. The lowest BCUT2D eigenvalue weighted by Gasteiger charge is -2.19. The summed E-state index contributed by atoms with van der Waals surface area (Å²) in [6, 6.07) is 23.6. The molecule has 6 N–H and O–H groups in total. The number of alkyl halides is 3. The van der Waals surface area contributed by atoms with Gasteiger partial charge >= 0.3 is 12.1 Å². The summed E-state index contributed by atoms with van der Waals surface area (Å²) in [5.74, 6) is -3.33. The number of nitriles is 1. The largest absolute Gasteiger partial charge is 0.490 e. The number of hydrogen-bond acceptors (Lipinski definition) is 5. The smallest absolute Gasteiger partial charge is 0.475 e. The molecular weight excluding hydrogens is 539 g/mol. The van der Waals surface area contributed by atoms with Gasteiger partial charge in [0.05, 0.1) is 11.6 Å². The number of halogens is 3. The van der Waals surface area contributed by atoms with Crippen LogP contribution in [0.25, 0.3) is 11.1 Å². The summed E-state index contributed by atoms with van der Waals surface area (Å²) in [5.41, 5.74) is 10.2. The molecule has 0 saturated heterocycles. The van der Waals surface area contributed by atoms with Crippen LogP contribution in [0.4, 0.5) is 13.2 Å². The summed E-state index contributed by atoms with van der Waals surface area (Å²) in [4.78, 5) is 33.9. The first kappa shape index (κ1) is 32.0. The van der Waals surface area contributed by atoms with Gasteiger partial charge in [-0.15, -0.1) is 0 Å². The van der Waals surface area contributed by atoms with Crippen molar-refractivity contribution < 1.29 is 32.7 Å². The minimum absolute atomic E-state index is 0.0544. The van der Waals surface area contributed by atoms with Gasteiger partial charge in [0, 0.05) is 24.9 Å². The Bertz CT molecular complexity index is 1430. The highest BCUT2D eigenvalue weighted by atomic mass is 19.4. The molecule has 9 nitrogen and oxygen atoms in total. The van der Waals surface area contributed by atoms with Crippen molar-refractivity contribution in [3.05, 3.63) is 95.1 Å². The number of nitrogens with two attached hydrogens (primary N) is 1. The number of benzene rings is 3. The van der Waals surface area contributed by atoms with Crippen molar-refractivity contribution in [2.24, 2.45) is 5.73 Å². The van der Waals surface area contributed by atoms with E-state index in [0.717, 1.165) is 22.3 Å². The van der Waals surface area contributed by atoms with Crippen molar-refractivity contribution in [2.75, 3.05) is 0 Å². The first-order valence-corrected chi connectivity index (χ1v) is 12.2. The van der Waals surface area contributed by atoms with Crippen molar-refractivity contribution in [3.8, 4) is 17.2 Å². The normalized spacial score (nSPS) is 11.2. The van der Waals surface area contributed by atoms with Gasteiger partial charge in [-0.1, -0.05) is 67.6 Å².